The van der Waals surface area contributed by atoms with Crippen molar-refractivity contribution in [1.82, 2.24) is 5.32 Å². The molecule has 0 bridgehead atoms. The predicted molar refractivity (Wildman–Crippen MR) is 62.5 cm³/mol. The Bertz CT molecular complexity index is 337. The lowest BCUT2D eigenvalue weighted by Crippen LogP contribution is -2.43. The first kappa shape index (κ1) is 10.7. The van der Waals surface area contributed by atoms with Crippen LogP contribution in [0.3, 0.4) is 0 Å². The van der Waals surface area contributed by atoms with Gasteiger partial charge < -0.3 is 15.3 Å². The Balaban J connectivity index is 2.19. The Morgan fingerprint density at radius 2 is 2.07 bits per heavy atom. The fraction of sp³-hybridized carbons (Fsp3) is 0.455. The summed E-state index contributed by atoms with van der Waals surface area (Å²) in [5, 5.41) is 13.0. The predicted octanol–water partition coefficient (Wildman–Crippen LogP) is 1.24. The largest absolute Gasteiger partial charge is 0.392 e. The molecule has 2 N–H and O–H groups in total. The van der Waals surface area contributed by atoms with E-state index in [9.17, 15) is 0 Å². The minimum absolute atomic E-state index is 0.0432. The zero-order valence-electron chi connectivity index (χ0n) is 8.54. The second kappa shape index (κ2) is 4.84. The summed E-state index contributed by atoms with van der Waals surface area (Å²) in [5.41, 5.74) is 1.93. The van der Waals surface area contributed by atoms with Crippen molar-refractivity contribution in [2.45, 2.75) is 6.61 Å². The van der Waals surface area contributed by atoms with Crippen LogP contribution in [-0.4, -0.2) is 31.3 Å². The van der Waals surface area contributed by atoms with E-state index in [0.717, 1.165) is 42.5 Å². The van der Waals surface area contributed by atoms with Gasteiger partial charge in [-0.1, -0.05) is 17.7 Å². The first-order chi connectivity index (χ1) is 7.31. The van der Waals surface area contributed by atoms with E-state index >= 15 is 0 Å². The lowest BCUT2D eigenvalue weighted by Gasteiger charge is -2.30. The van der Waals surface area contributed by atoms with Gasteiger partial charge in [-0.15, -0.1) is 0 Å². The first-order valence-corrected chi connectivity index (χ1v) is 5.54. The van der Waals surface area contributed by atoms with Crippen LogP contribution in [0.4, 0.5) is 5.69 Å². The van der Waals surface area contributed by atoms with Crippen LogP contribution in [-0.2, 0) is 6.61 Å². The third-order valence-corrected chi connectivity index (χ3v) is 2.96. The topological polar surface area (TPSA) is 35.5 Å². The van der Waals surface area contributed by atoms with Crippen LogP contribution in [0, 0.1) is 0 Å². The highest BCUT2D eigenvalue weighted by atomic mass is 35.5. The third-order valence-electron chi connectivity index (χ3n) is 2.65. The average molecular weight is 227 g/mol. The Morgan fingerprint density at radius 1 is 1.33 bits per heavy atom. The van der Waals surface area contributed by atoms with Crippen molar-refractivity contribution >= 4 is 17.3 Å². The van der Waals surface area contributed by atoms with Crippen molar-refractivity contribution in [1.29, 1.82) is 0 Å². The number of hydrogen-bond acceptors (Lipinski definition) is 3. The van der Waals surface area contributed by atoms with Gasteiger partial charge in [0.2, 0.25) is 0 Å². The van der Waals surface area contributed by atoms with Gasteiger partial charge >= 0.3 is 0 Å². The van der Waals surface area contributed by atoms with E-state index in [1.807, 2.05) is 18.2 Å². The molecule has 0 unspecified atom stereocenters. The summed E-state index contributed by atoms with van der Waals surface area (Å²) in [6, 6.07) is 5.74. The number of aliphatic hydroxyl groups is 1. The SMILES string of the molecule is OCc1ccc(N2CCNCC2)c(Cl)c1. The highest BCUT2D eigenvalue weighted by Crippen LogP contribution is 2.27. The molecule has 0 radical (unpaired) electrons. The van der Waals surface area contributed by atoms with Crippen LogP contribution >= 0.6 is 11.6 Å². The molecule has 1 heterocycles. The fourth-order valence-electron chi connectivity index (χ4n) is 1.81. The standard InChI is InChI=1S/C11H15ClN2O/c12-10-7-9(8-15)1-2-11(10)14-5-3-13-4-6-14/h1-2,7,13,15H,3-6,8H2. The Hall–Kier alpha value is -0.770. The second-order valence-corrected chi connectivity index (χ2v) is 4.09. The summed E-state index contributed by atoms with van der Waals surface area (Å²) in [6.45, 7) is 4.01. The molecule has 1 aromatic carbocycles. The quantitative estimate of drug-likeness (QED) is 0.797. The maximum absolute atomic E-state index is 8.98. The fourth-order valence-corrected chi connectivity index (χ4v) is 2.13. The van der Waals surface area contributed by atoms with Gasteiger partial charge in [0, 0.05) is 26.2 Å². The molecule has 1 aromatic rings. The van der Waals surface area contributed by atoms with Gasteiger partial charge in [-0.3, -0.25) is 0 Å². The number of aliphatic hydroxyl groups excluding tert-OH is 1. The Labute approximate surface area is 94.7 Å². The molecule has 1 aliphatic rings. The lowest BCUT2D eigenvalue weighted by molar-refractivity contribution is 0.282. The van der Waals surface area contributed by atoms with E-state index < -0.39 is 0 Å². The molecule has 0 aromatic heterocycles. The van der Waals surface area contributed by atoms with Crippen LogP contribution in [0.15, 0.2) is 18.2 Å². The van der Waals surface area contributed by atoms with Crippen molar-refractivity contribution in [3.8, 4) is 0 Å². The molecule has 1 aliphatic heterocycles. The van der Waals surface area contributed by atoms with Gasteiger partial charge in [-0.25, -0.2) is 0 Å². The summed E-state index contributed by atoms with van der Waals surface area (Å²) in [5.74, 6) is 0. The van der Waals surface area contributed by atoms with Crippen LogP contribution in [0.25, 0.3) is 0 Å². The molecule has 1 saturated heterocycles. The number of nitrogens with zero attached hydrogens (tertiary/aromatic N) is 1. The summed E-state index contributed by atoms with van der Waals surface area (Å²) >= 11 is 6.17. The number of hydrogen-bond donors (Lipinski definition) is 2. The first-order valence-electron chi connectivity index (χ1n) is 5.16. The van der Waals surface area contributed by atoms with E-state index in [0.29, 0.717) is 0 Å². The molecule has 4 heteroatoms. The normalized spacial score (nSPS) is 16.8. The van der Waals surface area contributed by atoms with Gasteiger partial charge in [0.1, 0.15) is 0 Å². The number of halogens is 1. The molecule has 0 amide bonds. The molecule has 2 rings (SSSR count). The molecule has 0 aliphatic carbocycles. The molecule has 0 saturated carbocycles. The smallest absolute Gasteiger partial charge is 0.0682 e. The summed E-state index contributed by atoms with van der Waals surface area (Å²) in [6.07, 6.45) is 0. The number of nitrogens with one attached hydrogen (secondary N) is 1. The van der Waals surface area contributed by atoms with Crippen LogP contribution < -0.4 is 10.2 Å². The zero-order valence-corrected chi connectivity index (χ0v) is 9.30. The van der Waals surface area contributed by atoms with E-state index in [2.05, 4.69) is 10.2 Å². The maximum atomic E-state index is 8.98. The van der Waals surface area contributed by atoms with E-state index in [-0.39, 0.29) is 6.61 Å². The molecular weight excluding hydrogens is 212 g/mol. The van der Waals surface area contributed by atoms with Gasteiger partial charge in [0.15, 0.2) is 0 Å². The number of rotatable bonds is 2. The maximum Gasteiger partial charge on any atom is 0.0682 e. The van der Waals surface area contributed by atoms with Gasteiger partial charge in [0.25, 0.3) is 0 Å². The van der Waals surface area contributed by atoms with E-state index in [4.69, 9.17) is 16.7 Å². The van der Waals surface area contributed by atoms with Gasteiger partial charge in [-0.2, -0.15) is 0 Å². The molecule has 3 nitrogen and oxygen atoms in total. The molecule has 1 fully saturated rings. The minimum Gasteiger partial charge on any atom is -0.392 e. The van der Waals surface area contributed by atoms with Crippen LogP contribution in [0.5, 0.6) is 0 Å². The van der Waals surface area contributed by atoms with Gasteiger partial charge in [-0.05, 0) is 17.7 Å². The minimum atomic E-state index is 0.0432. The van der Waals surface area contributed by atoms with Gasteiger partial charge in [0.05, 0.1) is 17.3 Å². The highest BCUT2D eigenvalue weighted by molar-refractivity contribution is 6.33. The molecule has 0 atom stereocenters. The third kappa shape index (κ3) is 2.43. The summed E-state index contributed by atoms with van der Waals surface area (Å²) < 4.78 is 0. The average Bonchev–Trinajstić information content (AvgIpc) is 2.30. The number of benzene rings is 1. The summed E-state index contributed by atoms with van der Waals surface area (Å²) in [7, 11) is 0. The van der Waals surface area contributed by atoms with Crippen LogP contribution in [0.2, 0.25) is 5.02 Å². The highest BCUT2D eigenvalue weighted by Gasteiger charge is 2.13. The Morgan fingerprint density at radius 3 is 2.67 bits per heavy atom. The van der Waals surface area contributed by atoms with E-state index in [1.54, 1.807) is 0 Å². The van der Waals surface area contributed by atoms with Crippen LogP contribution in [0.1, 0.15) is 5.56 Å². The van der Waals surface area contributed by atoms with Crippen molar-refractivity contribution < 1.29 is 5.11 Å². The molecule has 82 valence electrons. The zero-order chi connectivity index (χ0) is 10.7. The molecule has 0 spiro atoms. The number of piperazine rings is 1. The second-order valence-electron chi connectivity index (χ2n) is 3.68. The lowest BCUT2D eigenvalue weighted by atomic mass is 10.2. The van der Waals surface area contributed by atoms with E-state index in [1.165, 1.54) is 0 Å². The monoisotopic (exact) mass is 226 g/mol. The van der Waals surface area contributed by atoms with Crippen molar-refractivity contribution in [2.24, 2.45) is 0 Å². The summed E-state index contributed by atoms with van der Waals surface area (Å²) in [4.78, 5) is 2.26. The number of anilines is 1. The van der Waals surface area contributed by atoms with Crippen molar-refractivity contribution in [3.63, 3.8) is 0 Å². The van der Waals surface area contributed by atoms with Crippen molar-refractivity contribution in [2.75, 3.05) is 31.1 Å². The molecule has 15 heavy (non-hydrogen) atoms. The Kier molecular flexibility index (Phi) is 3.46. The molecular formula is C11H15ClN2O. The van der Waals surface area contributed by atoms with Crippen molar-refractivity contribution in [3.05, 3.63) is 28.8 Å².